The number of rotatable bonds is 5. The van der Waals surface area contributed by atoms with Gasteiger partial charge in [-0.3, -0.25) is 4.79 Å². The molecule has 112 valence electrons. The van der Waals surface area contributed by atoms with Crippen molar-refractivity contribution in [2.75, 3.05) is 0 Å². The monoisotopic (exact) mass is 297 g/mol. The number of carbonyl (C=O) groups is 2. The first kappa shape index (κ1) is 16.7. The molecule has 4 nitrogen and oxygen atoms in total. The van der Waals surface area contributed by atoms with Crippen molar-refractivity contribution in [3.8, 4) is 0 Å². The van der Waals surface area contributed by atoms with Crippen LogP contribution in [-0.2, 0) is 20.7 Å². The van der Waals surface area contributed by atoms with Crippen molar-refractivity contribution in [3.63, 3.8) is 0 Å². The van der Waals surface area contributed by atoms with E-state index in [0.717, 1.165) is 4.88 Å². The zero-order chi connectivity index (χ0) is 15.3. The summed E-state index contributed by atoms with van der Waals surface area (Å²) in [6.07, 6.45) is 0.295. The zero-order valence-electron chi connectivity index (χ0n) is 12.7. The summed E-state index contributed by atoms with van der Waals surface area (Å²) in [5.74, 6) is -0.554. The maximum Gasteiger partial charge on any atom is 0.329 e. The van der Waals surface area contributed by atoms with Crippen LogP contribution in [0.4, 0.5) is 0 Å². The highest BCUT2D eigenvalue weighted by Crippen LogP contribution is 2.13. The Hall–Kier alpha value is -1.36. The number of hydrogen-bond acceptors (Lipinski definition) is 4. The van der Waals surface area contributed by atoms with E-state index in [4.69, 9.17) is 4.74 Å². The standard InChI is InChI=1S/C15H23NO3S/c1-10(2)13(14(18)19-15(3,4)5)16-12(17)9-11-7-6-8-20-11/h6-8,10,13H,9H2,1-5H3,(H,16,17)/t13-/m1/s1. The Labute approximate surface area is 124 Å². The third-order valence-electron chi connectivity index (χ3n) is 2.56. The summed E-state index contributed by atoms with van der Waals surface area (Å²) in [7, 11) is 0. The number of amides is 1. The summed E-state index contributed by atoms with van der Waals surface area (Å²) in [5.41, 5.74) is -0.553. The van der Waals surface area contributed by atoms with Gasteiger partial charge in [-0.15, -0.1) is 11.3 Å². The molecule has 0 aliphatic heterocycles. The molecule has 1 aromatic heterocycles. The number of carbonyl (C=O) groups excluding carboxylic acids is 2. The second kappa shape index (κ2) is 6.88. The van der Waals surface area contributed by atoms with Crippen molar-refractivity contribution in [1.29, 1.82) is 0 Å². The topological polar surface area (TPSA) is 55.4 Å². The second-order valence-corrected chi connectivity index (χ2v) is 7.11. The first-order valence-electron chi connectivity index (χ1n) is 6.73. The van der Waals surface area contributed by atoms with Crippen molar-refractivity contribution < 1.29 is 14.3 Å². The molecule has 1 aromatic rings. The van der Waals surface area contributed by atoms with Gasteiger partial charge in [0.15, 0.2) is 0 Å². The summed E-state index contributed by atoms with van der Waals surface area (Å²) >= 11 is 1.53. The number of thiophene rings is 1. The fourth-order valence-electron chi connectivity index (χ4n) is 1.66. The normalized spacial score (nSPS) is 13.1. The Bertz CT molecular complexity index is 446. The molecule has 0 bridgehead atoms. The predicted molar refractivity (Wildman–Crippen MR) is 80.6 cm³/mol. The number of nitrogens with one attached hydrogen (secondary N) is 1. The van der Waals surface area contributed by atoms with Crippen molar-refractivity contribution in [3.05, 3.63) is 22.4 Å². The van der Waals surface area contributed by atoms with E-state index in [-0.39, 0.29) is 17.8 Å². The highest BCUT2D eigenvalue weighted by molar-refractivity contribution is 7.10. The SMILES string of the molecule is CC(C)[C@@H](NC(=O)Cc1cccs1)C(=O)OC(C)(C)C. The second-order valence-electron chi connectivity index (χ2n) is 6.08. The van der Waals surface area contributed by atoms with Gasteiger partial charge in [0.05, 0.1) is 6.42 Å². The van der Waals surface area contributed by atoms with Crippen LogP contribution in [0.25, 0.3) is 0 Å². The first-order valence-corrected chi connectivity index (χ1v) is 7.61. The van der Waals surface area contributed by atoms with E-state index in [1.54, 1.807) is 0 Å². The van der Waals surface area contributed by atoms with Crippen LogP contribution in [0.15, 0.2) is 17.5 Å². The molecule has 1 rings (SSSR count). The van der Waals surface area contributed by atoms with Crippen LogP contribution in [-0.4, -0.2) is 23.5 Å². The number of esters is 1. The summed E-state index contributed by atoms with van der Waals surface area (Å²) < 4.78 is 5.35. The molecule has 1 heterocycles. The average Bonchev–Trinajstić information content (AvgIpc) is 2.75. The Kier molecular flexibility index (Phi) is 5.74. The summed E-state index contributed by atoms with van der Waals surface area (Å²) in [5, 5.41) is 4.70. The first-order chi connectivity index (χ1) is 9.19. The van der Waals surface area contributed by atoms with Gasteiger partial charge in [0.2, 0.25) is 5.91 Å². The molecule has 0 unspecified atom stereocenters. The van der Waals surface area contributed by atoms with Gasteiger partial charge in [0, 0.05) is 4.88 Å². The van der Waals surface area contributed by atoms with Crippen molar-refractivity contribution in [2.24, 2.45) is 5.92 Å². The summed E-state index contributed by atoms with van der Waals surface area (Å²) in [6.45, 7) is 9.22. The van der Waals surface area contributed by atoms with E-state index in [0.29, 0.717) is 6.42 Å². The van der Waals surface area contributed by atoms with Gasteiger partial charge >= 0.3 is 5.97 Å². The zero-order valence-corrected chi connectivity index (χ0v) is 13.5. The Balaban J connectivity index is 2.63. The molecule has 0 radical (unpaired) electrons. The smallest absolute Gasteiger partial charge is 0.329 e. The lowest BCUT2D eigenvalue weighted by Crippen LogP contribution is -2.47. The van der Waals surface area contributed by atoms with Crippen LogP contribution >= 0.6 is 11.3 Å². The summed E-state index contributed by atoms with van der Waals surface area (Å²) in [6, 6.07) is 3.20. The molecule has 0 aromatic carbocycles. The van der Waals surface area contributed by atoms with Gasteiger partial charge < -0.3 is 10.1 Å². The van der Waals surface area contributed by atoms with Crippen molar-refractivity contribution in [1.82, 2.24) is 5.32 Å². The third kappa shape index (κ3) is 5.74. The predicted octanol–water partition coefficient (Wildman–Crippen LogP) is 2.77. The van der Waals surface area contributed by atoms with Crippen molar-refractivity contribution in [2.45, 2.75) is 52.7 Å². The molecule has 20 heavy (non-hydrogen) atoms. The van der Waals surface area contributed by atoms with Crippen LogP contribution in [0.3, 0.4) is 0 Å². The molecule has 0 aliphatic carbocycles. The Morgan fingerprint density at radius 2 is 2.00 bits per heavy atom. The average molecular weight is 297 g/mol. The lowest BCUT2D eigenvalue weighted by molar-refractivity contribution is -0.159. The molecule has 0 aliphatic rings. The lowest BCUT2D eigenvalue weighted by atomic mass is 10.0. The minimum atomic E-state index is -0.610. The molecule has 1 N–H and O–H groups in total. The molecular formula is C15H23NO3S. The van der Waals surface area contributed by atoms with E-state index in [2.05, 4.69) is 5.32 Å². The fraction of sp³-hybridized carbons (Fsp3) is 0.600. The van der Waals surface area contributed by atoms with Gasteiger partial charge in [-0.2, -0.15) is 0 Å². The van der Waals surface area contributed by atoms with Gasteiger partial charge in [0.25, 0.3) is 0 Å². The quantitative estimate of drug-likeness (QED) is 0.850. The van der Waals surface area contributed by atoms with Crippen LogP contribution in [0.1, 0.15) is 39.5 Å². The summed E-state index contributed by atoms with van der Waals surface area (Å²) in [4.78, 5) is 25.1. The molecule has 5 heteroatoms. The minimum absolute atomic E-state index is 0.0165. The van der Waals surface area contributed by atoms with Gasteiger partial charge in [-0.25, -0.2) is 4.79 Å². The van der Waals surface area contributed by atoms with Crippen LogP contribution in [0, 0.1) is 5.92 Å². The molecule has 0 saturated carbocycles. The van der Waals surface area contributed by atoms with E-state index in [9.17, 15) is 9.59 Å². The largest absolute Gasteiger partial charge is 0.458 e. The fourth-order valence-corrected chi connectivity index (χ4v) is 2.36. The van der Waals surface area contributed by atoms with Crippen LogP contribution in [0.5, 0.6) is 0 Å². The molecule has 0 fully saturated rings. The third-order valence-corrected chi connectivity index (χ3v) is 3.44. The highest BCUT2D eigenvalue weighted by atomic mass is 32.1. The molecule has 0 saturated heterocycles. The van der Waals surface area contributed by atoms with Gasteiger partial charge in [-0.1, -0.05) is 19.9 Å². The van der Waals surface area contributed by atoms with Crippen LogP contribution in [0.2, 0.25) is 0 Å². The maximum absolute atomic E-state index is 12.1. The Morgan fingerprint density at radius 3 is 2.45 bits per heavy atom. The minimum Gasteiger partial charge on any atom is -0.458 e. The number of hydrogen-bond donors (Lipinski definition) is 1. The molecule has 1 amide bonds. The van der Waals surface area contributed by atoms with Crippen molar-refractivity contribution >= 4 is 23.2 Å². The van der Waals surface area contributed by atoms with E-state index in [1.165, 1.54) is 11.3 Å². The Morgan fingerprint density at radius 1 is 1.35 bits per heavy atom. The van der Waals surface area contributed by atoms with E-state index >= 15 is 0 Å². The maximum atomic E-state index is 12.1. The van der Waals surface area contributed by atoms with E-state index in [1.807, 2.05) is 52.1 Å². The van der Waals surface area contributed by atoms with Gasteiger partial charge in [0.1, 0.15) is 11.6 Å². The number of ether oxygens (including phenoxy) is 1. The van der Waals surface area contributed by atoms with Gasteiger partial charge in [-0.05, 0) is 38.1 Å². The highest BCUT2D eigenvalue weighted by Gasteiger charge is 2.29. The van der Waals surface area contributed by atoms with Crippen LogP contribution < -0.4 is 5.32 Å². The lowest BCUT2D eigenvalue weighted by Gasteiger charge is -2.26. The molecular weight excluding hydrogens is 274 g/mol. The molecule has 0 spiro atoms. The van der Waals surface area contributed by atoms with E-state index < -0.39 is 11.6 Å². The molecule has 1 atom stereocenters.